The second kappa shape index (κ2) is 4.93. The number of hydrogen-bond acceptors (Lipinski definition) is 2. The lowest BCUT2D eigenvalue weighted by atomic mass is 10.2. The van der Waals surface area contributed by atoms with Gasteiger partial charge in [0.1, 0.15) is 0 Å². The first kappa shape index (κ1) is 9.26. The third kappa shape index (κ3) is 2.66. The molecular formula is C9H16N2O. The second-order valence-corrected chi connectivity index (χ2v) is 2.98. The molecule has 0 bridgehead atoms. The van der Waals surface area contributed by atoms with Crippen LogP contribution in [0.3, 0.4) is 0 Å². The lowest BCUT2D eigenvalue weighted by molar-refractivity contribution is 0.281. The minimum Gasteiger partial charge on any atom is -0.392 e. The van der Waals surface area contributed by atoms with Crippen molar-refractivity contribution in [1.29, 1.82) is 0 Å². The Morgan fingerprint density at radius 3 is 2.92 bits per heavy atom. The van der Waals surface area contributed by atoms with Crippen molar-refractivity contribution < 1.29 is 5.11 Å². The summed E-state index contributed by atoms with van der Waals surface area (Å²) in [7, 11) is 0. The van der Waals surface area contributed by atoms with Crippen LogP contribution in [0.2, 0.25) is 0 Å². The van der Waals surface area contributed by atoms with E-state index in [1.54, 1.807) is 6.20 Å². The first-order valence-corrected chi connectivity index (χ1v) is 4.49. The maximum absolute atomic E-state index is 8.77. The second-order valence-electron chi connectivity index (χ2n) is 2.98. The average Bonchev–Trinajstić information content (AvgIpc) is 2.53. The molecule has 0 aromatic carbocycles. The van der Waals surface area contributed by atoms with Crippen LogP contribution in [0.4, 0.5) is 0 Å². The van der Waals surface area contributed by atoms with Crippen LogP contribution in [-0.4, -0.2) is 14.9 Å². The SMILES string of the molecule is CCCCCn1cc(CO)cn1. The molecule has 0 unspecified atom stereocenters. The number of aromatic nitrogens is 2. The van der Waals surface area contributed by atoms with Crippen molar-refractivity contribution in [3.05, 3.63) is 18.0 Å². The maximum atomic E-state index is 8.77. The molecule has 0 spiro atoms. The fourth-order valence-corrected chi connectivity index (χ4v) is 1.13. The Kier molecular flexibility index (Phi) is 3.80. The zero-order valence-electron chi connectivity index (χ0n) is 7.53. The molecule has 12 heavy (non-hydrogen) atoms. The van der Waals surface area contributed by atoms with Gasteiger partial charge in [-0.2, -0.15) is 5.10 Å². The summed E-state index contributed by atoms with van der Waals surface area (Å²) < 4.78 is 1.89. The van der Waals surface area contributed by atoms with Crippen molar-refractivity contribution >= 4 is 0 Å². The summed E-state index contributed by atoms with van der Waals surface area (Å²) in [5.74, 6) is 0. The van der Waals surface area contributed by atoms with Crippen molar-refractivity contribution in [2.75, 3.05) is 0 Å². The monoisotopic (exact) mass is 168 g/mol. The Bertz CT molecular complexity index is 220. The highest BCUT2D eigenvalue weighted by molar-refractivity contribution is 5.01. The molecule has 0 atom stereocenters. The predicted octanol–water partition coefficient (Wildman–Crippen LogP) is 1.57. The number of rotatable bonds is 5. The van der Waals surface area contributed by atoms with Gasteiger partial charge in [-0.1, -0.05) is 19.8 Å². The van der Waals surface area contributed by atoms with Gasteiger partial charge in [-0.05, 0) is 6.42 Å². The van der Waals surface area contributed by atoms with Crippen LogP contribution in [0.5, 0.6) is 0 Å². The van der Waals surface area contributed by atoms with Crippen LogP contribution in [-0.2, 0) is 13.2 Å². The predicted molar refractivity (Wildman–Crippen MR) is 47.7 cm³/mol. The van der Waals surface area contributed by atoms with Gasteiger partial charge in [0.25, 0.3) is 0 Å². The number of aliphatic hydroxyl groups is 1. The van der Waals surface area contributed by atoms with Crippen molar-refractivity contribution in [3.8, 4) is 0 Å². The van der Waals surface area contributed by atoms with Gasteiger partial charge >= 0.3 is 0 Å². The zero-order valence-corrected chi connectivity index (χ0v) is 7.53. The van der Waals surface area contributed by atoms with E-state index in [-0.39, 0.29) is 6.61 Å². The maximum Gasteiger partial charge on any atom is 0.0712 e. The Hall–Kier alpha value is -0.830. The van der Waals surface area contributed by atoms with E-state index < -0.39 is 0 Å². The van der Waals surface area contributed by atoms with E-state index in [1.165, 1.54) is 19.3 Å². The normalized spacial score (nSPS) is 10.5. The lowest BCUT2D eigenvalue weighted by Crippen LogP contribution is -1.97. The summed E-state index contributed by atoms with van der Waals surface area (Å²) in [4.78, 5) is 0. The molecule has 0 amide bonds. The molecular weight excluding hydrogens is 152 g/mol. The third-order valence-corrected chi connectivity index (χ3v) is 1.86. The molecule has 1 heterocycles. The number of aryl methyl sites for hydroxylation is 1. The molecule has 1 N–H and O–H groups in total. The molecule has 0 radical (unpaired) electrons. The molecule has 1 aromatic rings. The molecule has 1 aromatic heterocycles. The van der Waals surface area contributed by atoms with E-state index >= 15 is 0 Å². The van der Waals surface area contributed by atoms with Gasteiger partial charge in [-0.15, -0.1) is 0 Å². The van der Waals surface area contributed by atoms with Crippen molar-refractivity contribution in [2.45, 2.75) is 39.3 Å². The van der Waals surface area contributed by atoms with Gasteiger partial charge in [0.05, 0.1) is 12.8 Å². The van der Waals surface area contributed by atoms with E-state index in [2.05, 4.69) is 12.0 Å². The Labute approximate surface area is 73.0 Å². The van der Waals surface area contributed by atoms with Crippen molar-refractivity contribution in [1.82, 2.24) is 9.78 Å². The van der Waals surface area contributed by atoms with Gasteiger partial charge in [0.2, 0.25) is 0 Å². The van der Waals surface area contributed by atoms with Gasteiger partial charge < -0.3 is 5.11 Å². The van der Waals surface area contributed by atoms with Crippen LogP contribution in [0.25, 0.3) is 0 Å². The fourth-order valence-electron chi connectivity index (χ4n) is 1.13. The smallest absolute Gasteiger partial charge is 0.0712 e. The molecule has 0 aliphatic heterocycles. The number of aliphatic hydroxyl groups excluding tert-OH is 1. The Morgan fingerprint density at radius 1 is 1.50 bits per heavy atom. The molecule has 0 fully saturated rings. The van der Waals surface area contributed by atoms with Crippen LogP contribution >= 0.6 is 0 Å². The minimum atomic E-state index is 0.0910. The van der Waals surface area contributed by atoms with Crippen LogP contribution in [0.1, 0.15) is 31.7 Å². The van der Waals surface area contributed by atoms with Crippen LogP contribution in [0.15, 0.2) is 12.4 Å². The first-order chi connectivity index (χ1) is 5.86. The summed E-state index contributed by atoms with van der Waals surface area (Å²) in [5.41, 5.74) is 0.895. The summed E-state index contributed by atoms with van der Waals surface area (Å²) >= 11 is 0. The van der Waals surface area contributed by atoms with E-state index in [9.17, 15) is 0 Å². The molecule has 68 valence electrons. The lowest BCUT2D eigenvalue weighted by Gasteiger charge is -1.98. The highest BCUT2D eigenvalue weighted by Gasteiger charge is 1.95. The van der Waals surface area contributed by atoms with E-state index in [4.69, 9.17) is 5.11 Å². The Morgan fingerprint density at radius 2 is 2.33 bits per heavy atom. The van der Waals surface area contributed by atoms with Gasteiger partial charge in [0, 0.05) is 18.3 Å². The molecule has 3 heteroatoms. The molecule has 0 saturated heterocycles. The molecule has 0 aliphatic carbocycles. The molecule has 1 rings (SSSR count). The highest BCUT2D eigenvalue weighted by Crippen LogP contribution is 2.00. The largest absolute Gasteiger partial charge is 0.392 e. The first-order valence-electron chi connectivity index (χ1n) is 4.49. The third-order valence-electron chi connectivity index (χ3n) is 1.86. The number of unbranched alkanes of at least 4 members (excludes halogenated alkanes) is 2. The van der Waals surface area contributed by atoms with Gasteiger partial charge in [0.15, 0.2) is 0 Å². The zero-order chi connectivity index (χ0) is 8.81. The summed E-state index contributed by atoms with van der Waals surface area (Å²) in [6.07, 6.45) is 7.26. The average molecular weight is 168 g/mol. The molecule has 3 nitrogen and oxygen atoms in total. The van der Waals surface area contributed by atoms with Crippen molar-refractivity contribution in [2.24, 2.45) is 0 Å². The van der Waals surface area contributed by atoms with Crippen molar-refractivity contribution in [3.63, 3.8) is 0 Å². The fraction of sp³-hybridized carbons (Fsp3) is 0.667. The van der Waals surface area contributed by atoms with Gasteiger partial charge in [-0.25, -0.2) is 0 Å². The van der Waals surface area contributed by atoms with E-state index in [1.807, 2.05) is 10.9 Å². The molecule has 0 aliphatic rings. The minimum absolute atomic E-state index is 0.0910. The number of nitrogens with zero attached hydrogens (tertiary/aromatic N) is 2. The van der Waals surface area contributed by atoms with Crippen LogP contribution in [0, 0.1) is 0 Å². The summed E-state index contributed by atoms with van der Waals surface area (Å²) in [6.45, 7) is 3.24. The van der Waals surface area contributed by atoms with Gasteiger partial charge in [-0.3, -0.25) is 4.68 Å². The standard InChI is InChI=1S/C9H16N2O/c1-2-3-4-5-11-7-9(8-12)6-10-11/h6-7,12H,2-5,8H2,1H3. The van der Waals surface area contributed by atoms with E-state index in [0.717, 1.165) is 12.1 Å². The van der Waals surface area contributed by atoms with Crippen LogP contribution < -0.4 is 0 Å². The quantitative estimate of drug-likeness (QED) is 0.678. The Balaban J connectivity index is 2.31. The van der Waals surface area contributed by atoms with E-state index in [0.29, 0.717) is 0 Å². The number of hydrogen-bond donors (Lipinski definition) is 1. The molecule has 0 saturated carbocycles. The highest BCUT2D eigenvalue weighted by atomic mass is 16.3. The summed E-state index contributed by atoms with van der Waals surface area (Å²) in [6, 6.07) is 0. The summed E-state index contributed by atoms with van der Waals surface area (Å²) in [5, 5.41) is 12.9. The topological polar surface area (TPSA) is 38.0 Å².